The van der Waals surface area contributed by atoms with E-state index in [4.69, 9.17) is 9.72 Å². The first kappa shape index (κ1) is 22.5. The van der Waals surface area contributed by atoms with Crippen molar-refractivity contribution in [2.24, 2.45) is 5.92 Å². The molecule has 0 aliphatic carbocycles. The molecule has 0 saturated carbocycles. The van der Waals surface area contributed by atoms with Crippen molar-refractivity contribution in [1.29, 1.82) is 0 Å². The van der Waals surface area contributed by atoms with Gasteiger partial charge in [-0.25, -0.2) is 9.37 Å². The maximum Gasteiger partial charge on any atom is 0.142 e. The highest BCUT2D eigenvalue weighted by atomic mass is 19.1. The minimum atomic E-state index is -0.316. The lowest BCUT2D eigenvalue weighted by Gasteiger charge is -2.32. The third-order valence-electron chi connectivity index (χ3n) is 7.36. The van der Waals surface area contributed by atoms with Crippen LogP contribution in [0.2, 0.25) is 0 Å². The van der Waals surface area contributed by atoms with Crippen LogP contribution < -0.4 is 15.0 Å². The third kappa shape index (κ3) is 3.94. The predicted octanol–water partition coefficient (Wildman–Crippen LogP) is 6.80. The molecule has 3 heterocycles. The number of methoxy groups -OCH3 is 1. The van der Waals surface area contributed by atoms with E-state index in [1.807, 2.05) is 18.2 Å². The Labute approximate surface area is 209 Å². The van der Waals surface area contributed by atoms with Gasteiger partial charge >= 0.3 is 0 Å². The highest BCUT2D eigenvalue weighted by molar-refractivity contribution is 5.90. The van der Waals surface area contributed by atoms with E-state index < -0.39 is 0 Å². The lowest BCUT2D eigenvalue weighted by Crippen LogP contribution is -2.32. The van der Waals surface area contributed by atoms with Crippen LogP contribution >= 0.6 is 0 Å². The quantitative estimate of drug-likeness (QED) is 0.257. The number of anilines is 2. The number of ether oxygens (including phenoxy) is 1. The van der Waals surface area contributed by atoms with E-state index in [1.54, 1.807) is 20.2 Å². The molecule has 0 amide bonds. The van der Waals surface area contributed by atoms with Crippen molar-refractivity contribution in [3.05, 3.63) is 60.4 Å². The van der Waals surface area contributed by atoms with Gasteiger partial charge in [0.05, 0.1) is 23.8 Å². The minimum Gasteiger partial charge on any atom is -0.495 e. The van der Waals surface area contributed by atoms with Gasteiger partial charge in [-0.05, 0) is 55.2 Å². The molecule has 0 atom stereocenters. The summed E-state index contributed by atoms with van der Waals surface area (Å²) in [5.74, 6) is 1.90. The van der Waals surface area contributed by atoms with Crippen LogP contribution in [0.1, 0.15) is 19.8 Å². The van der Waals surface area contributed by atoms with Gasteiger partial charge in [0.15, 0.2) is 0 Å². The van der Waals surface area contributed by atoms with Gasteiger partial charge in [0.25, 0.3) is 0 Å². The third-order valence-corrected chi connectivity index (χ3v) is 7.36. The van der Waals surface area contributed by atoms with Gasteiger partial charge in [0.2, 0.25) is 0 Å². The van der Waals surface area contributed by atoms with Crippen molar-refractivity contribution in [2.45, 2.75) is 19.8 Å². The number of nitrogens with one attached hydrogen (secondary N) is 3. The summed E-state index contributed by atoms with van der Waals surface area (Å²) < 4.78 is 20.3. The van der Waals surface area contributed by atoms with Crippen molar-refractivity contribution in [3.63, 3.8) is 0 Å². The molecule has 0 bridgehead atoms. The molecule has 3 aromatic carbocycles. The van der Waals surface area contributed by atoms with Crippen LogP contribution in [0.4, 0.5) is 15.8 Å². The Hall–Kier alpha value is -4.00. The zero-order valence-electron chi connectivity index (χ0n) is 20.8. The van der Waals surface area contributed by atoms with E-state index in [1.165, 1.54) is 24.6 Å². The van der Waals surface area contributed by atoms with Gasteiger partial charge in [-0.2, -0.15) is 0 Å². The SMILES string of the molecule is CNc1cc(F)c(-c2cc3ccc(-c4nc5ccc(N6CCC(C)CC6)cc5[nH]4)cc3[nH]2)cc1OC. The average molecular weight is 484 g/mol. The van der Waals surface area contributed by atoms with E-state index in [-0.39, 0.29) is 5.82 Å². The molecule has 1 saturated heterocycles. The van der Waals surface area contributed by atoms with Gasteiger partial charge in [0.1, 0.15) is 17.4 Å². The van der Waals surface area contributed by atoms with E-state index >= 15 is 0 Å². The number of halogens is 1. The molecule has 0 unspecified atom stereocenters. The van der Waals surface area contributed by atoms with Crippen LogP contribution in [0.25, 0.3) is 44.6 Å². The number of rotatable bonds is 5. The molecule has 0 spiro atoms. The Kier molecular flexibility index (Phi) is 5.55. The van der Waals surface area contributed by atoms with Crippen molar-refractivity contribution >= 4 is 33.3 Å². The fourth-order valence-corrected chi connectivity index (χ4v) is 5.14. The summed E-state index contributed by atoms with van der Waals surface area (Å²) in [4.78, 5) is 14.2. The summed E-state index contributed by atoms with van der Waals surface area (Å²) in [7, 11) is 3.33. The van der Waals surface area contributed by atoms with Gasteiger partial charge in [0, 0.05) is 59.6 Å². The molecule has 3 N–H and O–H groups in total. The number of fused-ring (bicyclic) bond motifs is 2. The molecule has 1 fully saturated rings. The monoisotopic (exact) mass is 483 g/mol. The van der Waals surface area contributed by atoms with E-state index in [0.29, 0.717) is 22.7 Å². The Morgan fingerprint density at radius 2 is 1.83 bits per heavy atom. The van der Waals surface area contributed by atoms with Gasteiger partial charge in [-0.1, -0.05) is 19.1 Å². The molecule has 1 aliphatic rings. The Bertz CT molecular complexity index is 1560. The molecule has 6 nitrogen and oxygen atoms in total. The molecular weight excluding hydrogens is 453 g/mol. The predicted molar refractivity (Wildman–Crippen MR) is 145 cm³/mol. The number of aromatic nitrogens is 3. The molecule has 7 heteroatoms. The Balaban J connectivity index is 1.33. The minimum absolute atomic E-state index is 0.316. The summed E-state index contributed by atoms with van der Waals surface area (Å²) in [6.45, 7) is 4.53. The highest BCUT2D eigenvalue weighted by Crippen LogP contribution is 2.35. The van der Waals surface area contributed by atoms with Crippen molar-refractivity contribution < 1.29 is 9.13 Å². The lowest BCUT2D eigenvalue weighted by molar-refractivity contribution is 0.416. The molecule has 36 heavy (non-hydrogen) atoms. The molecule has 1 aliphatic heterocycles. The maximum atomic E-state index is 14.9. The maximum absolute atomic E-state index is 14.9. The van der Waals surface area contributed by atoms with Crippen LogP contribution in [0.5, 0.6) is 5.75 Å². The van der Waals surface area contributed by atoms with E-state index in [9.17, 15) is 4.39 Å². The van der Waals surface area contributed by atoms with Crippen LogP contribution in [-0.4, -0.2) is 42.2 Å². The average Bonchev–Trinajstić information content (AvgIpc) is 3.52. The summed E-state index contributed by atoms with van der Waals surface area (Å²) in [6.07, 6.45) is 2.47. The first-order valence-corrected chi connectivity index (χ1v) is 12.5. The summed E-state index contributed by atoms with van der Waals surface area (Å²) in [5.41, 5.74) is 6.90. The number of benzene rings is 3. The number of aromatic amines is 2. The number of hydrogen-bond acceptors (Lipinski definition) is 4. The number of nitrogens with zero attached hydrogens (tertiary/aromatic N) is 2. The first-order chi connectivity index (χ1) is 17.5. The molecule has 184 valence electrons. The van der Waals surface area contributed by atoms with Crippen LogP contribution in [0.3, 0.4) is 0 Å². The van der Waals surface area contributed by atoms with E-state index in [0.717, 1.165) is 52.3 Å². The largest absolute Gasteiger partial charge is 0.495 e. The van der Waals surface area contributed by atoms with E-state index in [2.05, 4.69) is 51.4 Å². The van der Waals surface area contributed by atoms with Crippen LogP contribution in [0, 0.1) is 11.7 Å². The highest BCUT2D eigenvalue weighted by Gasteiger charge is 2.18. The number of piperidine rings is 1. The van der Waals surface area contributed by atoms with Crippen LogP contribution in [-0.2, 0) is 0 Å². The second-order valence-electron chi connectivity index (χ2n) is 9.72. The molecular formula is C29H30FN5O. The molecule has 5 aromatic rings. The molecule has 0 radical (unpaired) electrons. The topological polar surface area (TPSA) is 69.0 Å². The standard InChI is InChI=1S/C29H30FN5O/c1-17-8-10-35(11-9-17)20-6-7-23-26(14-20)34-29(33-23)19-5-4-18-12-25(32-24(18)13-19)21-15-28(36-3)27(31-2)16-22(21)30/h4-7,12-17,31-32H,8-11H2,1-3H3,(H,33,34). The number of H-pyrrole nitrogens is 2. The van der Waals surface area contributed by atoms with Crippen molar-refractivity contribution in [1.82, 2.24) is 15.0 Å². The normalized spacial score (nSPS) is 14.6. The Morgan fingerprint density at radius 3 is 2.61 bits per heavy atom. The number of imidazole rings is 1. The first-order valence-electron chi connectivity index (χ1n) is 12.5. The second-order valence-corrected chi connectivity index (χ2v) is 9.72. The zero-order chi connectivity index (χ0) is 24.8. The smallest absolute Gasteiger partial charge is 0.142 e. The van der Waals surface area contributed by atoms with Gasteiger partial charge < -0.3 is 24.9 Å². The molecule has 6 rings (SSSR count). The fraction of sp³-hybridized carbons (Fsp3) is 0.276. The van der Waals surface area contributed by atoms with Gasteiger partial charge in [-0.3, -0.25) is 0 Å². The lowest BCUT2D eigenvalue weighted by atomic mass is 9.99. The van der Waals surface area contributed by atoms with Crippen LogP contribution in [0.15, 0.2) is 54.6 Å². The van der Waals surface area contributed by atoms with Crippen molar-refractivity contribution in [2.75, 3.05) is 37.5 Å². The zero-order valence-corrected chi connectivity index (χ0v) is 20.8. The summed E-state index contributed by atoms with van der Waals surface area (Å²) >= 11 is 0. The second kappa shape index (κ2) is 8.90. The summed E-state index contributed by atoms with van der Waals surface area (Å²) in [6, 6.07) is 17.7. The summed E-state index contributed by atoms with van der Waals surface area (Å²) in [5, 5.41) is 3.97. The van der Waals surface area contributed by atoms with Crippen molar-refractivity contribution in [3.8, 4) is 28.4 Å². The number of hydrogen-bond donors (Lipinski definition) is 3. The Morgan fingerprint density at radius 1 is 1.00 bits per heavy atom. The fourth-order valence-electron chi connectivity index (χ4n) is 5.14. The van der Waals surface area contributed by atoms with Gasteiger partial charge in [-0.15, -0.1) is 0 Å². The molecule has 2 aromatic heterocycles.